The molecule has 0 atom stereocenters. The van der Waals surface area contributed by atoms with Gasteiger partial charge in [-0.25, -0.2) is 4.98 Å². The fourth-order valence-electron chi connectivity index (χ4n) is 1.24. The first-order valence-electron chi connectivity index (χ1n) is 5.59. The van der Waals surface area contributed by atoms with E-state index in [4.69, 9.17) is 4.74 Å². The smallest absolute Gasteiger partial charge is 0.218 e. The van der Waals surface area contributed by atoms with E-state index in [0.717, 1.165) is 30.9 Å². The fraction of sp³-hybridized carbons (Fsp3) is 0.500. The Hall–Kier alpha value is -1.58. The Morgan fingerprint density at radius 2 is 2.31 bits per heavy atom. The number of allylic oxidation sites excluding steroid dienone is 1. The Labute approximate surface area is 96.8 Å². The average molecular weight is 221 g/mol. The van der Waals surface area contributed by atoms with Gasteiger partial charge in [0.15, 0.2) is 0 Å². The van der Waals surface area contributed by atoms with Gasteiger partial charge in [-0.15, -0.1) is 6.58 Å². The largest absolute Gasteiger partial charge is 0.478 e. The zero-order valence-corrected chi connectivity index (χ0v) is 9.99. The fourth-order valence-corrected chi connectivity index (χ4v) is 1.24. The van der Waals surface area contributed by atoms with Gasteiger partial charge in [-0.05, 0) is 12.8 Å². The van der Waals surface area contributed by atoms with E-state index in [-0.39, 0.29) is 0 Å². The van der Waals surface area contributed by atoms with Gasteiger partial charge >= 0.3 is 0 Å². The van der Waals surface area contributed by atoms with Gasteiger partial charge in [-0.2, -0.15) is 4.98 Å². The van der Waals surface area contributed by atoms with Gasteiger partial charge in [0.25, 0.3) is 0 Å². The maximum Gasteiger partial charge on any atom is 0.218 e. The number of aryl methyl sites for hydroxylation is 1. The van der Waals surface area contributed by atoms with Crippen molar-refractivity contribution in [3.8, 4) is 5.88 Å². The van der Waals surface area contributed by atoms with Crippen molar-refractivity contribution in [2.45, 2.75) is 26.2 Å². The highest BCUT2D eigenvalue weighted by Gasteiger charge is 2.02. The summed E-state index contributed by atoms with van der Waals surface area (Å²) in [6.45, 7) is 6.35. The number of hydrogen-bond acceptors (Lipinski definition) is 4. The minimum atomic E-state index is 0.639. The monoisotopic (exact) mass is 221 g/mol. The Bertz CT molecular complexity index is 317. The Kier molecular flexibility index (Phi) is 5.32. The van der Waals surface area contributed by atoms with Crippen LogP contribution in [-0.2, 0) is 6.42 Å². The van der Waals surface area contributed by atoms with Crippen molar-refractivity contribution in [1.82, 2.24) is 9.97 Å². The van der Waals surface area contributed by atoms with Crippen molar-refractivity contribution in [1.29, 1.82) is 0 Å². The van der Waals surface area contributed by atoms with Gasteiger partial charge in [-0.3, -0.25) is 0 Å². The van der Waals surface area contributed by atoms with Crippen LogP contribution in [0.2, 0.25) is 0 Å². The molecule has 1 heterocycles. The molecule has 0 radical (unpaired) electrons. The quantitative estimate of drug-likeness (QED) is 0.567. The number of anilines is 1. The molecule has 4 nitrogen and oxygen atoms in total. The molecule has 1 aromatic heterocycles. The minimum Gasteiger partial charge on any atom is -0.478 e. The Morgan fingerprint density at radius 1 is 1.50 bits per heavy atom. The first-order valence-corrected chi connectivity index (χ1v) is 5.59. The summed E-state index contributed by atoms with van der Waals surface area (Å²) >= 11 is 0. The van der Waals surface area contributed by atoms with Gasteiger partial charge < -0.3 is 10.1 Å². The van der Waals surface area contributed by atoms with E-state index in [9.17, 15) is 0 Å². The summed E-state index contributed by atoms with van der Waals surface area (Å²) in [7, 11) is 1.84. The summed E-state index contributed by atoms with van der Waals surface area (Å²) in [5.41, 5.74) is 0. The van der Waals surface area contributed by atoms with Gasteiger partial charge in [0.1, 0.15) is 11.6 Å². The third-order valence-electron chi connectivity index (χ3n) is 2.12. The SMILES string of the molecule is C=CCCCOc1cc(NC)nc(CC)n1. The van der Waals surface area contributed by atoms with Crippen LogP contribution in [-0.4, -0.2) is 23.6 Å². The molecule has 0 unspecified atom stereocenters. The maximum atomic E-state index is 5.55. The summed E-state index contributed by atoms with van der Waals surface area (Å²) in [4.78, 5) is 8.59. The molecule has 0 aliphatic heterocycles. The van der Waals surface area contributed by atoms with Crippen molar-refractivity contribution in [3.05, 3.63) is 24.5 Å². The number of hydrogen-bond donors (Lipinski definition) is 1. The minimum absolute atomic E-state index is 0.639. The third-order valence-corrected chi connectivity index (χ3v) is 2.12. The number of nitrogens with one attached hydrogen (secondary N) is 1. The Morgan fingerprint density at radius 3 is 2.94 bits per heavy atom. The van der Waals surface area contributed by atoms with Crippen molar-refractivity contribution in [2.24, 2.45) is 0 Å². The van der Waals surface area contributed by atoms with E-state index in [1.165, 1.54) is 0 Å². The van der Waals surface area contributed by atoms with E-state index in [1.54, 1.807) is 0 Å². The second kappa shape index (κ2) is 6.82. The molecule has 0 fully saturated rings. The van der Waals surface area contributed by atoms with E-state index in [2.05, 4.69) is 21.9 Å². The van der Waals surface area contributed by atoms with Crippen molar-refractivity contribution in [2.75, 3.05) is 19.0 Å². The lowest BCUT2D eigenvalue weighted by molar-refractivity contribution is 0.299. The van der Waals surface area contributed by atoms with Crippen LogP contribution in [0, 0.1) is 0 Å². The van der Waals surface area contributed by atoms with Crippen molar-refractivity contribution in [3.63, 3.8) is 0 Å². The molecule has 1 aromatic rings. The lowest BCUT2D eigenvalue weighted by atomic mass is 10.3. The van der Waals surface area contributed by atoms with Gasteiger partial charge in [0, 0.05) is 19.5 Å². The molecule has 1 rings (SSSR count). The van der Waals surface area contributed by atoms with Crippen LogP contribution in [0.3, 0.4) is 0 Å². The number of unbranched alkanes of at least 4 members (excludes halogenated alkanes) is 1. The second-order valence-electron chi connectivity index (χ2n) is 3.39. The first-order chi connectivity index (χ1) is 7.80. The number of nitrogens with zero attached hydrogens (tertiary/aromatic N) is 2. The predicted molar refractivity (Wildman–Crippen MR) is 65.9 cm³/mol. The molecule has 0 aliphatic carbocycles. The average Bonchev–Trinajstić information content (AvgIpc) is 2.34. The predicted octanol–water partition coefficient (Wildman–Crippen LogP) is 2.43. The molecular formula is C12H19N3O. The normalized spacial score (nSPS) is 9.88. The second-order valence-corrected chi connectivity index (χ2v) is 3.39. The van der Waals surface area contributed by atoms with E-state index in [1.807, 2.05) is 26.1 Å². The molecular weight excluding hydrogens is 202 g/mol. The zero-order chi connectivity index (χ0) is 11.8. The summed E-state index contributed by atoms with van der Waals surface area (Å²) in [6.07, 6.45) is 4.62. The van der Waals surface area contributed by atoms with Crippen LogP contribution in [0.25, 0.3) is 0 Å². The Balaban J connectivity index is 2.60. The summed E-state index contributed by atoms with van der Waals surface area (Å²) in [6, 6.07) is 1.81. The van der Waals surface area contributed by atoms with Crippen molar-refractivity contribution >= 4 is 5.82 Å². The van der Waals surface area contributed by atoms with Crippen LogP contribution in [0.1, 0.15) is 25.6 Å². The lowest BCUT2D eigenvalue weighted by Gasteiger charge is -2.07. The molecule has 1 N–H and O–H groups in total. The first kappa shape index (κ1) is 12.5. The molecule has 0 amide bonds. The number of ether oxygens (including phenoxy) is 1. The molecule has 88 valence electrons. The highest BCUT2D eigenvalue weighted by Crippen LogP contribution is 2.13. The standard InChI is InChI=1S/C12H19N3O/c1-4-6-7-8-16-12-9-11(13-3)14-10(5-2)15-12/h4,9H,1,5-8H2,2-3H3,(H,13,14,15). The summed E-state index contributed by atoms with van der Waals surface area (Å²) in [5, 5.41) is 3.00. The summed E-state index contributed by atoms with van der Waals surface area (Å²) in [5.74, 6) is 2.23. The molecule has 0 aromatic carbocycles. The molecule has 0 saturated carbocycles. The van der Waals surface area contributed by atoms with Crippen LogP contribution in [0.5, 0.6) is 5.88 Å². The van der Waals surface area contributed by atoms with Crippen LogP contribution in [0.15, 0.2) is 18.7 Å². The van der Waals surface area contributed by atoms with Gasteiger partial charge in [0.05, 0.1) is 6.61 Å². The van der Waals surface area contributed by atoms with Gasteiger partial charge in [0.2, 0.25) is 5.88 Å². The van der Waals surface area contributed by atoms with Crippen LogP contribution in [0.4, 0.5) is 5.82 Å². The lowest BCUT2D eigenvalue weighted by Crippen LogP contribution is -2.04. The highest BCUT2D eigenvalue weighted by atomic mass is 16.5. The zero-order valence-electron chi connectivity index (χ0n) is 9.99. The van der Waals surface area contributed by atoms with Crippen LogP contribution >= 0.6 is 0 Å². The third kappa shape index (κ3) is 3.88. The molecule has 0 bridgehead atoms. The highest BCUT2D eigenvalue weighted by molar-refractivity contribution is 5.37. The van der Waals surface area contributed by atoms with E-state index in [0.29, 0.717) is 12.5 Å². The number of rotatable bonds is 7. The molecule has 0 saturated heterocycles. The van der Waals surface area contributed by atoms with Crippen molar-refractivity contribution < 1.29 is 4.74 Å². The van der Waals surface area contributed by atoms with Crippen LogP contribution < -0.4 is 10.1 Å². The van der Waals surface area contributed by atoms with E-state index < -0.39 is 0 Å². The molecule has 0 spiro atoms. The summed E-state index contributed by atoms with van der Waals surface area (Å²) < 4.78 is 5.55. The molecule has 4 heteroatoms. The van der Waals surface area contributed by atoms with E-state index >= 15 is 0 Å². The topological polar surface area (TPSA) is 47.0 Å². The van der Waals surface area contributed by atoms with Gasteiger partial charge in [-0.1, -0.05) is 13.0 Å². The molecule has 16 heavy (non-hydrogen) atoms. The molecule has 0 aliphatic rings. The maximum absolute atomic E-state index is 5.55. The number of aromatic nitrogens is 2.